The summed E-state index contributed by atoms with van der Waals surface area (Å²) in [5.74, 6) is 0.0263. The summed E-state index contributed by atoms with van der Waals surface area (Å²) in [6.45, 7) is 2.71. The topological polar surface area (TPSA) is 59.2 Å². The molecule has 0 saturated carbocycles. The van der Waals surface area contributed by atoms with Crippen molar-refractivity contribution in [3.63, 3.8) is 0 Å². The maximum absolute atomic E-state index is 11.8. The number of carbonyl (C=O) groups excluding carboxylic acids is 1. The van der Waals surface area contributed by atoms with Crippen LogP contribution < -0.4 is 5.73 Å². The Labute approximate surface area is 113 Å². The van der Waals surface area contributed by atoms with Crippen LogP contribution in [0.3, 0.4) is 0 Å². The van der Waals surface area contributed by atoms with E-state index in [2.05, 4.69) is 4.98 Å². The normalized spacial score (nSPS) is 11.7. The summed E-state index contributed by atoms with van der Waals surface area (Å²) in [6, 6.07) is -0.355. The molecule has 0 aliphatic rings. The zero-order valence-electron chi connectivity index (χ0n) is 10.3. The van der Waals surface area contributed by atoms with Crippen molar-refractivity contribution in [1.29, 1.82) is 0 Å². The molecule has 0 aliphatic carbocycles. The number of rotatable bonds is 6. The van der Waals surface area contributed by atoms with Gasteiger partial charge in [0, 0.05) is 31.6 Å². The second kappa shape index (κ2) is 8.44. The lowest BCUT2D eigenvalue weighted by Gasteiger charge is -2.20. The average molecular weight is 278 g/mol. The molecule has 1 unspecified atom stereocenters. The standard InChI is InChI=1S/C11H19N3OS.ClH/c1-3-4-9(12)11(15)14(2)7-5-10-13-6-8-16-10;/h6,8-9H,3-5,7,12H2,1-2H3;1H. The molecule has 1 aromatic heterocycles. The van der Waals surface area contributed by atoms with Gasteiger partial charge in [-0.2, -0.15) is 0 Å². The van der Waals surface area contributed by atoms with E-state index in [1.54, 1.807) is 29.5 Å². The summed E-state index contributed by atoms with van der Waals surface area (Å²) in [7, 11) is 1.80. The lowest BCUT2D eigenvalue weighted by molar-refractivity contribution is -0.131. The first kappa shape index (κ1) is 16.4. The molecule has 0 spiro atoms. The number of halogens is 1. The van der Waals surface area contributed by atoms with Gasteiger partial charge in [0.15, 0.2) is 0 Å². The van der Waals surface area contributed by atoms with Gasteiger partial charge in [0.05, 0.1) is 11.0 Å². The van der Waals surface area contributed by atoms with Crippen molar-refractivity contribution in [2.75, 3.05) is 13.6 Å². The summed E-state index contributed by atoms with van der Waals surface area (Å²) in [5.41, 5.74) is 5.77. The van der Waals surface area contributed by atoms with Crippen molar-refractivity contribution in [2.45, 2.75) is 32.2 Å². The first-order valence-corrected chi connectivity index (χ1v) is 6.42. The maximum Gasteiger partial charge on any atom is 0.239 e. The molecule has 4 nitrogen and oxygen atoms in total. The lowest BCUT2D eigenvalue weighted by atomic mass is 10.1. The van der Waals surface area contributed by atoms with Gasteiger partial charge in [0.25, 0.3) is 0 Å². The van der Waals surface area contributed by atoms with Crippen molar-refractivity contribution in [3.05, 3.63) is 16.6 Å². The van der Waals surface area contributed by atoms with Crippen molar-refractivity contribution >= 4 is 29.7 Å². The quantitative estimate of drug-likeness (QED) is 0.861. The molecule has 98 valence electrons. The maximum atomic E-state index is 11.8. The third-order valence-electron chi connectivity index (χ3n) is 2.44. The highest BCUT2D eigenvalue weighted by atomic mass is 35.5. The molecule has 0 radical (unpaired) electrons. The predicted molar refractivity (Wildman–Crippen MR) is 73.6 cm³/mol. The van der Waals surface area contributed by atoms with E-state index in [9.17, 15) is 4.79 Å². The summed E-state index contributed by atoms with van der Waals surface area (Å²) in [6.07, 6.45) is 4.27. The number of amides is 1. The van der Waals surface area contributed by atoms with E-state index in [0.29, 0.717) is 6.54 Å². The summed E-state index contributed by atoms with van der Waals surface area (Å²) in [5, 5.41) is 3.00. The smallest absolute Gasteiger partial charge is 0.239 e. The van der Waals surface area contributed by atoms with E-state index in [-0.39, 0.29) is 24.4 Å². The number of likely N-dealkylation sites (N-methyl/N-ethyl adjacent to an activating group) is 1. The molecule has 1 rings (SSSR count). The van der Waals surface area contributed by atoms with E-state index < -0.39 is 0 Å². The average Bonchev–Trinajstić information content (AvgIpc) is 2.78. The van der Waals surface area contributed by atoms with Crippen LogP contribution in [0.5, 0.6) is 0 Å². The Kier molecular flexibility index (Phi) is 8.12. The van der Waals surface area contributed by atoms with Gasteiger partial charge in [-0.05, 0) is 6.42 Å². The number of hydrogen-bond donors (Lipinski definition) is 1. The predicted octanol–water partition coefficient (Wildman–Crippen LogP) is 1.69. The molecule has 0 fully saturated rings. The van der Waals surface area contributed by atoms with Crippen LogP contribution in [0.4, 0.5) is 0 Å². The first-order chi connectivity index (χ1) is 7.65. The van der Waals surface area contributed by atoms with Crippen molar-refractivity contribution in [1.82, 2.24) is 9.88 Å². The van der Waals surface area contributed by atoms with E-state index in [4.69, 9.17) is 5.73 Å². The van der Waals surface area contributed by atoms with Crippen LogP contribution in [0, 0.1) is 0 Å². The van der Waals surface area contributed by atoms with Gasteiger partial charge >= 0.3 is 0 Å². The Hall–Kier alpha value is -0.650. The SMILES string of the molecule is CCCC(N)C(=O)N(C)CCc1nccs1.Cl. The van der Waals surface area contributed by atoms with Crippen LogP contribution in [0.1, 0.15) is 24.8 Å². The molecule has 0 aromatic carbocycles. The largest absolute Gasteiger partial charge is 0.344 e. The van der Waals surface area contributed by atoms with Gasteiger partial charge < -0.3 is 10.6 Å². The molecule has 1 atom stereocenters. The highest BCUT2D eigenvalue weighted by Gasteiger charge is 2.16. The number of hydrogen-bond acceptors (Lipinski definition) is 4. The molecule has 1 aromatic rings. The molecule has 2 N–H and O–H groups in total. The van der Waals surface area contributed by atoms with Gasteiger partial charge in [-0.3, -0.25) is 4.79 Å². The van der Waals surface area contributed by atoms with E-state index in [0.717, 1.165) is 24.3 Å². The third kappa shape index (κ3) is 5.48. The third-order valence-corrected chi connectivity index (χ3v) is 3.28. The Bertz CT molecular complexity index is 319. The van der Waals surface area contributed by atoms with E-state index >= 15 is 0 Å². The minimum absolute atomic E-state index is 0. The first-order valence-electron chi connectivity index (χ1n) is 5.54. The second-order valence-corrected chi connectivity index (χ2v) is 4.81. The lowest BCUT2D eigenvalue weighted by Crippen LogP contribution is -2.42. The molecule has 0 saturated heterocycles. The Balaban J connectivity index is 0.00000256. The fourth-order valence-electron chi connectivity index (χ4n) is 1.47. The molecule has 1 heterocycles. The van der Waals surface area contributed by atoms with Gasteiger partial charge in [-0.1, -0.05) is 13.3 Å². The van der Waals surface area contributed by atoms with Crippen LogP contribution in [-0.2, 0) is 11.2 Å². The zero-order chi connectivity index (χ0) is 12.0. The van der Waals surface area contributed by atoms with Crippen LogP contribution in [0.2, 0.25) is 0 Å². The van der Waals surface area contributed by atoms with Gasteiger partial charge in [0.1, 0.15) is 0 Å². The Morgan fingerprint density at radius 1 is 1.65 bits per heavy atom. The molecular formula is C11H20ClN3OS. The van der Waals surface area contributed by atoms with E-state index in [1.165, 1.54) is 0 Å². The molecule has 17 heavy (non-hydrogen) atoms. The van der Waals surface area contributed by atoms with Crippen molar-refractivity contribution < 1.29 is 4.79 Å². The van der Waals surface area contributed by atoms with Crippen LogP contribution in [-0.4, -0.2) is 35.4 Å². The summed E-state index contributed by atoms with van der Waals surface area (Å²) in [4.78, 5) is 17.7. The Morgan fingerprint density at radius 3 is 2.88 bits per heavy atom. The zero-order valence-corrected chi connectivity index (χ0v) is 11.9. The molecular weight excluding hydrogens is 258 g/mol. The molecule has 0 bridgehead atoms. The molecule has 1 amide bonds. The minimum atomic E-state index is -0.355. The van der Waals surface area contributed by atoms with Crippen molar-refractivity contribution in [2.24, 2.45) is 5.73 Å². The fraction of sp³-hybridized carbons (Fsp3) is 0.636. The van der Waals surface area contributed by atoms with Crippen LogP contribution in [0.25, 0.3) is 0 Å². The number of aromatic nitrogens is 1. The van der Waals surface area contributed by atoms with Gasteiger partial charge in [0.2, 0.25) is 5.91 Å². The van der Waals surface area contributed by atoms with Gasteiger partial charge in [-0.15, -0.1) is 23.7 Å². The summed E-state index contributed by atoms with van der Waals surface area (Å²) >= 11 is 1.61. The number of nitrogens with zero attached hydrogens (tertiary/aromatic N) is 2. The Morgan fingerprint density at radius 2 is 2.35 bits per heavy atom. The highest BCUT2D eigenvalue weighted by molar-refractivity contribution is 7.09. The summed E-state index contributed by atoms with van der Waals surface area (Å²) < 4.78 is 0. The monoisotopic (exact) mass is 277 g/mol. The fourth-order valence-corrected chi connectivity index (χ4v) is 2.08. The van der Waals surface area contributed by atoms with Crippen molar-refractivity contribution in [3.8, 4) is 0 Å². The molecule has 6 heteroatoms. The van der Waals surface area contributed by atoms with Crippen LogP contribution >= 0.6 is 23.7 Å². The number of thiazole rings is 1. The molecule has 0 aliphatic heterocycles. The van der Waals surface area contributed by atoms with Gasteiger partial charge in [-0.25, -0.2) is 4.98 Å². The van der Waals surface area contributed by atoms with Crippen LogP contribution in [0.15, 0.2) is 11.6 Å². The number of carbonyl (C=O) groups is 1. The van der Waals surface area contributed by atoms with E-state index in [1.807, 2.05) is 12.3 Å². The second-order valence-electron chi connectivity index (χ2n) is 3.83. The highest BCUT2D eigenvalue weighted by Crippen LogP contribution is 2.06. The minimum Gasteiger partial charge on any atom is -0.344 e. The number of nitrogens with two attached hydrogens (primary N) is 1.